The van der Waals surface area contributed by atoms with Crippen LogP contribution in [0.15, 0.2) is 0 Å². The van der Waals surface area contributed by atoms with Crippen molar-refractivity contribution >= 4 is 6.29 Å². The highest BCUT2D eigenvalue weighted by Gasteiger charge is 2.37. The quantitative estimate of drug-likeness (QED) is 0.525. The number of hydrogen-bond donors (Lipinski definition) is 0. The van der Waals surface area contributed by atoms with E-state index in [2.05, 4.69) is 0 Å². The van der Waals surface area contributed by atoms with Crippen LogP contribution in [-0.4, -0.2) is 44.3 Å². The Morgan fingerprint density at radius 2 is 2.19 bits per heavy atom. The monoisotopic (exact) mass is 232 g/mol. The molecule has 0 saturated carbocycles. The van der Waals surface area contributed by atoms with E-state index in [1.54, 1.807) is 0 Å². The number of rotatable bonds is 5. The summed E-state index contributed by atoms with van der Waals surface area (Å²) in [6.45, 7) is 5.69. The number of hydrogen-bond acceptors (Lipinski definition) is 5. The lowest BCUT2D eigenvalue weighted by atomic mass is 10.1. The molecule has 3 atom stereocenters. The second kappa shape index (κ2) is 5.72. The van der Waals surface area contributed by atoms with E-state index in [9.17, 15) is 4.79 Å². The predicted octanol–water partition coefficient (Wildman–Crippen LogP) is 1.10. The summed E-state index contributed by atoms with van der Waals surface area (Å²) in [4.78, 5) is 10.9. The fourth-order valence-electron chi connectivity index (χ4n) is 1.88. The van der Waals surface area contributed by atoms with E-state index in [0.717, 1.165) is 6.29 Å². The van der Waals surface area contributed by atoms with Gasteiger partial charge in [-0.1, -0.05) is 0 Å². The molecular weight excluding hydrogens is 212 g/mol. The Morgan fingerprint density at radius 1 is 1.50 bits per heavy atom. The first-order valence-corrected chi connectivity index (χ1v) is 5.40. The van der Waals surface area contributed by atoms with Gasteiger partial charge in [0.2, 0.25) is 0 Å². The molecule has 0 spiro atoms. The summed E-state index contributed by atoms with van der Waals surface area (Å²) in [6, 6.07) is 0. The summed E-state index contributed by atoms with van der Waals surface area (Å²) >= 11 is 0. The van der Waals surface area contributed by atoms with Crippen LogP contribution in [0.4, 0.5) is 0 Å². The number of carbonyl (C=O) groups is 1. The van der Waals surface area contributed by atoms with Gasteiger partial charge in [-0.3, -0.25) is 0 Å². The minimum absolute atomic E-state index is 0.0438. The first kappa shape index (κ1) is 13.6. The molecule has 1 heterocycles. The van der Waals surface area contributed by atoms with Crippen molar-refractivity contribution < 1.29 is 23.7 Å². The molecule has 1 aliphatic heterocycles. The van der Waals surface area contributed by atoms with Gasteiger partial charge in [-0.15, -0.1) is 0 Å². The lowest BCUT2D eigenvalue weighted by Crippen LogP contribution is -2.49. The van der Waals surface area contributed by atoms with Gasteiger partial charge in [0.1, 0.15) is 12.9 Å². The van der Waals surface area contributed by atoms with Crippen LogP contribution in [0.5, 0.6) is 0 Å². The zero-order valence-electron chi connectivity index (χ0n) is 10.3. The van der Waals surface area contributed by atoms with Crippen molar-refractivity contribution in [1.82, 2.24) is 0 Å². The number of carbonyl (C=O) groups excluding carboxylic acids is 1. The van der Waals surface area contributed by atoms with Crippen LogP contribution in [-0.2, 0) is 23.7 Å². The third-order valence-electron chi connectivity index (χ3n) is 2.36. The van der Waals surface area contributed by atoms with E-state index in [0.29, 0.717) is 6.42 Å². The maximum Gasteiger partial charge on any atom is 0.163 e. The summed E-state index contributed by atoms with van der Waals surface area (Å²) in [5.74, 6) is -0.681. The summed E-state index contributed by atoms with van der Waals surface area (Å²) in [7, 11) is 1.51. The van der Waals surface area contributed by atoms with Crippen molar-refractivity contribution in [3.05, 3.63) is 0 Å². The van der Waals surface area contributed by atoms with Crippen molar-refractivity contribution in [1.29, 1.82) is 0 Å². The highest BCUT2D eigenvalue weighted by Crippen LogP contribution is 2.28. The molecule has 5 heteroatoms. The zero-order chi connectivity index (χ0) is 12.2. The fraction of sp³-hybridized carbons (Fsp3) is 0.909. The Morgan fingerprint density at radius 3 is 2.69 bits per heavy atom. The maximum absolute atomic E-state index is 10.9. The minimum atomic E-state index is -0.681. The lowest BCUT2D eigenvalue weighted by Gasteiger charge is -2.41. The van der Waals surface area contributed by atoms with Gasteiger partial charge < -0.3 is 23.7 Å². The Bertz CT molecular complexity index is 228. The molecule has 0 bridgehead atoms. The van der Waals surface area contributed by atoms with Crippen molar-refractivity contribution in [2.24, 2.45) is 0 Å². The van der Waals surface area contributed by atoms with E-state index in [-0.39, 0.29) is 19.0 Å². The molecule has 1 aliphatic rings. The van der Waals surface area contributed by atoms with E-state index in [4.69, 9.17) is 18.9 Å². The molecule has 5 nitrogen and oxygen atoms in total. The van der Waals surface area contributed by atoms with Gasteiger partial charge in [-0.2, -0.15) is 0 Å². The molecule has 1 saturated heterocycles. The highest BCUT2D eigenvalue weighted by molar-refractivity contribution is 5.57. The van der Waals surface area contributed by atoms with Gasteiger partial charge in [0.15, 0.2) is 12.1 Å². The van der Waals surface area contributed by atoms with Crippen LogP contribution in [0.25, 0.3) is 0 Å². The van der Waals surface area contributed by atoms with E-state index < -0.39 is 11.9 Å². The van der Waals surface area contributed by atoms with Crippen LogP contribution >= 0.6 is 0 Å². The Balaban J connectivity index is 2.58. The molecular formula is C11H20O5. The van der Waals surface area contributed by atoms with Crippen molar-refractivity contribution in [2.45, 2.75) is 51.3 Å². The van der Waals surface area contributed by atoms with Gasteiger partial charge in [-0.05, 0) is 20.8 Å². The fourth-order valence-corrected chi connectivity index (χ4v) is 1.88. The van der Waals surface area contributed by atoms with E-state index in [1.165, 1.54) is 7.11 Å². The lowest BCUT2D eigenvalue weighted by molar-refractivity contribution is -0.311. The second-order valence-corrected chi connectivity index (χ2v) is 4.39. The molecule has 0 aromatic rings. The predicted molar refractivity (Wildman–Crippen MR) is 56.9 cm³/mol. The Hall–Kier alpha value is -0.490. The van der Waals surface area contributed by atoms with E-state index >= 15 is 0 Å². The summed E-state index contributed by atoms with van der Waals surface area (Å²) < 4.78 is 21.3. The maximum atomic E-state index is 10.9. The Kier molecular flexibility index (Phi) is 4.86. The average Bonchev–Trinajstić information content (AvgIpc) is 2.15. The molecule has 16 heavy (non-hydrogen) atoms. The van der Waals surface area contributed by atoms with Crippen LogP contribution in [0, 0.1) is 0 Å². The molecule has 0 N–H and O–H groups in total. The molecule has 0 aromatic carbocycles. The molecule has 0 unspecified atom stereocenters. The van der Waals surface area contributed by atoms with Gasteiger partial charge in [0, 0.05) is 13.5 Å². The van der Waals surface area contributed by atoms with Gasteiger partial charge >= 0.3 is 0 Å². The van der Waals surface area contributed by atoms with Crippen LogP contribution in [0.3, 0.4) is 0 Å². The molecule has 94 valence electrons. The van der Waals surface area contributed by atoms with E-state index in [1.807, 2.05) is 20.8 Å². The van der Waals surface area contributed by atoms with Gasteiger partial charge in [0.25, 0.3) is 0 Å². The van der Waals surface area contributed by atoms with Crippen molar-refractivity contribution in [3.8, 4) is 0 Å². The largest absolute Gasteiger partial charge is 0.359 e. The zero-order valence-corrected chi connectivity index (χ0v) is 10.3. The molecule has 0 aromatic heterocycles. The van der Waals surface area contributed by atoms with Crippen molar-refractivity contribution in [3.63, 3.8) is 0 Å². The number of methoxy groups -OCH3 is 1. The molecule has 0 amide bonds. The minimum Gasteiger partial charge on any atom is -0.359 e. The van der Waals surface area contributed by atoms with Crippen molar-refractivity contribution in [2.75, 3.05) is 13.9 Å². The number of ether oxygens (including phenoxy) is 4. The topological polar surface area (TPSA) is 54.0 Å². The van der Waals surface area contributed by atoms with Gasteiger partial charge in [0.05, 0.1) is 12.2 Å². The SMILES string of the molecule is COCO[C@H](C=O)[C@@H]1C[C@H](C)OC(C)(C)O1. The average molecular weight is 232 g/mol. The standard InChI is InChI=1S/C11H20O5/c1-8-5-9(16-11(2,3)15-8)10(6-12)14-7-13-4/h6,8-10H,5,7H2,1-4H3/t8-,9-,10+/m0/s1. The number of aldehydes is 1. The molecule has 1 rings (SSSR count). The molecule has 1 fully saturated rings. The van der Waals surface area contributed by atoms with Crippen LogP contribution in [0.1, 0.15) is 27.2 Å². The molecule has 0 aliphatic carbocycles. The summed E-state index contributed by atoms with van der Waals surface area (Å²) in [5, 5.41) is 0. The summed E-state index contributed by atoms with van der Waals surface area (Å²) in [6.07, 6.45) is 0.535. The van der Waals surface area contributed by atoms with Gasteiger partial charge in [-0.25, -0.2) is 0 Å². The first-order chi connectivity index (χ1) is 7.48. The first-order valence-electron chi connectivity index (χ1n) is 5.40. The third-order valence-corrected chi connectivity index (χ3v) is 2.36. The Labute approximate surface area is 96.0 Å². The van der Waals surface area contributed by atoms with Crippen LogP contribution in [0.2, 0.25) is 0 Å². The normalized spacial score (nSPS) is 31.0. The highest BCUT2D eigenvalue weighted by atomic mass is 16.7. The third kappa shape index (κ3) is 3.83. The smallest absolute Gasteiger partial charge is 0.163 e. The van der Waals surface area contributed by atoms with Crippen LogP contribution < -0.4 is 0 Å². The molecule has 0 radical (unpaired) electrons. The summed E-state index contributed by atoms with van der Waals surface area (Å²) in [5.41, 5.74) is 0. The second-order valence-electron chi connectivity index (χ2n) is 4.39.